The van der Waals surface area contributed by atoms with Crippen molar-refractivity contribution in [1.82, 2.24) is 4.98 Å². The predicted molar refractivity (Wildman–Crippen MR) is 55.3 cm³/mol. The molecule has 1 rings (SSSR count). The van der Waals surface area contributed by atoms with Gasteiger partial charge in [0.2, 0.25) is 0 Å². The second-order valence-electron chi connectivity index (χ2n) is 3.40. The van der Waals surface area contributed by atoms with E-state index in [1.807, 2.05) is 0 Å². The van der Waals surface area contributed by atoms with Crippen molar-refractivity contribution in [1.29, 1.82) is 0 Å². The van der Waals surface area contributed by atoms with Gasteiger partial charge >= 0.3 is 0 Å². The Hall–Kier alpha value is 0.330. The van der Waals surface area contributed by atoms with Crippen LogP contribution < -0.4 is 0 Å². The summed E-state index contributed by atoms with van der Waals surface area (Å²) in [6, 6.07) is 0. The Labute approximate surface area is 82.1 Å². The fraction of sp³-hybridized carbons (Fsp3) is 0.571. The monoisotopic (exact) mass is 205 g/mol. The molecule has 11 heavy (non-hydrogen) atoms. The van der Waals surface area contributed by atoms with Gasteiger partial charge in [-0.2, -0.15) is 0 Å². The van der Waals surface area contributed by atoms with E-state index >= 15 is 0 Å². The second-order valence-corrected chi connectivity index (χ2v) is 5.88. The fourth-order valence-electron chi connectivity index (χ4n) is 0.790. The van der Waals surface area contributed by atoms with E-state index in [2.05, 4.69) is 51.0 Å². The number of hydrogen-bond donors (Lipinski definition) is 2. The van der Waals surface area contributed by atoms with Crippen molar-refractivity contribution in [2.24, 2.45) is 0 Å². The smallest absolute Gasteiger partial charge is 0.148 e. The first-order valence-electron chi connectivity index (χ1n) is 3.30. The fourth-order valence-corrected chi connectivity index (χ4v) is 2.78. The van der Waals surface area contributed by atoms with Crippen LogP contribution in [0.15, 0.2) is 8.55 Å². The van der Waals surface area contributed by atoms with E-state index in [4.69, 9.17) is 0 Å². The van der Waals surface area contributed by atoms with Crippen LogP contribution in [-0.2, 0) is 5.41 Å². The second kappa shape index (κ2) is 2.99. The van der Waals surface area contributed by atoms with Crippen LogP contribution in [0.2, 0.25) is 0 Å². The third kappa shape index (κ3) is 2.13. The maximum absolute atomic E-state index is 4.32. The Balaban J connectivity index is 3.13. The summed E-state index contributed by atoms with van der Waals surface area (Å²) in [5.74, 6) is 0. The van der Waals surface area contributed by atoms with Crippen molar-refractivity contribution in [2.45, 2.75) is 34.7 Å². The van der Waals surface area contributed by atoms with Crippen LogP contribution in [0.1, 0.15) is 26.5 Å². The first-order valence-corrected chi connectivity index (χ1v) is 5.01. The van der Waals surface area contributed by atoms with Crippen LogP contribution in [0.3, 0.4) is 0 Å². The number of thiol groups is 2. The molecule has 0 saturated carbocycles. The first-order chi connectivity index (χ1) is 4.91. The highest BCUT2D eigenvalue weighted by molar-refractivity contribution is 7.85. The highest BCUT2D eigenvalue weighted by Gasteiger charge is 2.20. The summed E-state index contributed by atoms with van der Waals surface area (Å²) in [5, 5.41) is 0. The summed E-state index contributed by atoms with van der Waals surface area (Å²) >= 11 is 10.00. The van der Waals surface area contributed by atoms with E-state index in [-0.39, 0.29) is 5.41 Å². The van der Waals surface area contributed by atoms with E-state index in [0.29, 0.717) is 0 Å². The maximum Gasteiger partial charge on any atom is 0.148 e. The average molecular weight is 205 g/mol. The molecule has 0 N–H and O–H groups in total. The van der Waals surface area contributed by atoms with Gasteiger partial charge in [-0.3, -0.25) is 0 Å². The molecule has 4 heteroatoms. The lowest BCUT2D eigenvalue weighted by atomic mass is 9.93. The van der Waals surface area contributed by atoms with Crippen molar-refractivity contribution in [2.75, 3.05) is 0 Å². The van der Waals surface area contributed by atoms with Gasteiger partial charge in [-0.1, -0.05) is 20.8 Å². The Morgan fingerprint density at radius 3 is 2.00 bits per heavy atom. The summed E-state index contributed by atoms with van der Waals surface area (Å²) in [7, 11) is 0. The Kier molecular flexibility index (Phi) is 2.56. The summed E-state index contributed by atoms with van der Waals surface area (Å²) in [6.45, 7) is 6.36. The minimum absolute atomic E-state index is 0.0779. The predicted octanol–water partition coefficient (Wildman–Crippen LogP) is 3.02. The molecule has 0 spiro atoms. The Morgan fingerprint density at radius 1 is 1.27 bits per heavy atom. The SMILES string of the molecule is CC(C)(C)c1nc(S)sc1S. The summed E-state index contributed by atoms with van der Waals surface area (Å²) in [4.78, 5) is 4.29. The molecule has 0 unspecified atom stereocenters. The van der Waals surface area contributed by atoms with Crippen molar-refractivity contribution in [3.05, 3.63) is 5.69 Å². The van der Waals surface area contributed by atoms with Gasteiger partial charge in [0.15, 0.2) is 0 Å². The molecule has 1 nitrogen and oxygen atoms in total. The molecule has 0 atom stereocenters. The maximum atomic E-state index is 4.32. The standard InChI is InChI=1S/C7H11NS3/c1-7(2,3)4-5(9)11-6(10)8-4/h9H,1-3H3,(H,8,10). The highest BCUT2D eigenvalue weighted by atomic mass is 32.2. The molecule has 0 saturated heterocycles. The van der Waals surface area contributed by atoms with Crippen molar-refractivity contribution in [3.63, 3.8) is 0 Å². The Bertz CT molecular complexity index is 259. The van der Waals surface area contributed by atoms with Gasteiger partial charge < -0.3 is 0 Å². The molecule has 0 amide bonds. The van der Waals surface area contributed by atoms with Crippen molar-refractivity contribution < 1.29 is 0 Å². The molecule has 0 aliphatic rings. The third-order valence-electron chi connectivity index (χ3n) is 1.31. The molecular weight excluding hydrogens is 194 g/mol. The molecule has 0 aliphatic carbocycles. The van der Waals surface area contributed by atoms with Crippen LogP contribution >= 0.6 is 36.6 Å². The van der Waals surface area contributed by atoms with Gasteiger partial charge in [-0.05, 0) is 0 Å². The molecule has 1 heterocycles. The zero-order valence-electron chi connectivity index (χ0n) is 6.75. The zero-order chi connectivity index (χ0) is 8.65. The molecule has 62 valence electrons. The molecule has 0 fully saturated rings. The van der Waals surface area contributed by atoms with Gasteiger partial charge in [-0.15, -0.1) is 36.6 Å². The summed E-state index contributed by atoms with van der Waals surface area (Å²) in [6.07, 6.45) is 0. The number of nitrogens with zero attached hydrogens (tertiary/aromatic N) is 1. The minimum atomic E-state index is 0.0779. The quantitative estimate of drug-likeness (QED) is 0.621. The lowest BCUT2D eigenvalue weighted by Crippen LogP contribution is -2.12. The zero-order valence-corrected chi connectivity index (χ0v) is 9.36. The number of hydrogen-bond acceptors (Lipinski definition) is 4. The van der Waals surface area contributed by atoms with Gasteiger partial charge in [0.05, 0.1) is 9.90 Å². The number of rotatable bonds is 0. The Morgan fingerprint density at radius 2 is 1.82 bits per heavy atom. The highest BCUT2D eigenvalue weighted by Crippen LogP contribution is 2.33. The van der Waals surface area contributed by atoms with Crippen molar-refractivity contribution in [3.8, 4) is 0 Å². The van der Waals surface area contributed by atoms with E-state index in [9.17, 15) is 0 Å². The third-order valence-corrected chi connectivity index (χ3v) is 2.83. The van der Waals surface area contributed by atoms with Crippen LogP contribution in [-0.4, -0.2) is 4.98 Å². The van der Waals surface area contributed by atoms with E-state index in [1.54, 1.807) is 0 Å². The van der Waals surface area contributed by atoms with Crippen LogP contribution in [0.25, 0.3) is 0 Å². The van der Waals surface area contributed by atoms with E-state index < -0.39 is 0 Å². The number of aromatic nitrogens is 1. The molecular formula is C7H11NS3. The normalized spacial score (nSPS) is 12.1. The molecule has 0 aliphatic heterocycles. The van der Waals surface area contributed by atoms with E-state index in [1.165, 1.54) is 11.3 Å². The van der Waals surface area contributed by atoms with Crippen LogP contribution in [0, 0.1) is 0 Å². The van der Waals surface area contributed by atoms with Gasteiger partial charge in [0, 0.05) is 5.41 Å². The van der Waals surface area contributed by atoms with Crippen LogP contribution in [0.4, 0.5) is 0 Å². The molecule has 0 bridgehead atoms. The van der Waals surface area contributed by atoms with E-state index in [0.717, 1.165) is 14.2 Å². The average Bonchev–Trinajstić information content (AvgIpc) is 2.08. The van der Waals surface area contributed by atoms with Gasteiger partial charge in [0.25, 0.3) is 0 Å². The molecule has 1 aromatic heterocycles. The molecule has 1 aromatic rings. The summed E-state index contributed by atoms with van der Waals surface area (Å²) < 4.78 is 1.77. The lowest BCUT2D eigenvalue weighted by molar-refractivity contribution is 0.559. The molecule has 0 aromatic carbocycles. The van der Waals surface area contributed by atoms with Crippen LogP contribution in [0.5, 0.6) is 0 Å². The lowest BCUT2D eigenvalue weighted by Gasteiger charge is -2.15. The van der Waals surface area contributed by atoms with Crippen molar-refractivity contribution >= 4 is 36.6 Å². The van der Waals surface area contributed by atoms with Gasteiger partial charge in [0.1, 0.15) is 4.34 Å². The number of thiazole rings is 1. The topological polar surface area (TPSA) is 12.9 Å². The molecule has 0 radical (unpaired) electrons. The first kappa shape index (κ1) is 9.42. The largest absolute Gasteiger partial charge is 0.233 e. The van der Waals surface area contributed by atoms with Gasteiger partial charge in [-0.25, -0.2) is 4.98 Å². The summed E-state index contributed by atoms with van der Waals surface area (Å²) in [5.41, 5.74) is 1.12. The minimum Gasteiger partial charge on any atom is -0.233 e.